The molecule has 0 aromatic heterocycles. The first-order chi connectivity index (χ1) is 7.13. The van der Waals surface area contributed by atoms with Crippen LogP contribution in [0.1, 0.15) is 25.7 Å². The minimum atomic E-state index is -2.23. The molecule has 15 heavy (non-hydrogen) atoms. The highest BCUT2D eigenvalue weighted by Gasteiger charge is 2.25. The van der Waals surface area contributed by atoms with Crippen LogP contribution in [0.2, 0.25) is 0 Å². The molecule has 0 aliphatic heterocycles. The summed E-state index contributed by atoms with van der Waals surface area (Å²) in [6.07, 6.45) is 2.56. The van der Waals surface area contributed by atoms with E-state index >= 15 is 0 Å². The van der Waals surface area contributed by atoms with E-state index < -0.39 is 6.43 Å². The fourth-order valence-electron chi connectivity index (χ4n) is 2.55. The van der Waals surface area contributed by atoms with E-state index in [-0.39, 0.29) is 6.54 Å². The number of hydrogen-bond acceptors (Lipinski definition) is 2. The lowest BCUT2D eigenvalue weighted by Crippen LogP contribution is -2.37. The molecule has 1 aliphatic carbocycles. The molecule has 0 amide bonds. The third kappa shape index (κ3) is 4.43. The molecule has 2 nitrogen and oxygen atoms in total. The molecule has 2 unspecified atom stereocenters. The van der Waals surface area contributed by atoms with Crippen molar-refractivity contribution < 1.29 is 8.78 Å². The molecule has 2 atom stereocenters. The summed E-state index contributed by atoms with van der Waals surface area (Å²) in [5.41, 5.74) is 5.70. The average molecular weight is 220 g/mol. The fourth-order valence-corrected chi connectivity index (χ4v) is 2.55. The molecule has 1 fully saturated rings. The van der Waals surface area contributed by atoms with Gasteiger partial charge in [-0.15, -0.1) is 0 Å². The minimum absolute atomic E-state index is 0.117. The molecular formula is C11H22F2N2. The number of nitrogens with two attached hydrogens (primary N) is 1. The van der Waals surface area contributed by atoms with Crippen molar-refractivity contribution in [2.75, 3.05) is 26.7 Å². The topological polar surface area (TPSA) is 29.3 Å². The highest BCUT2D eigenvalue weighted by atomic mass is 19.3. The van der Waals surface area contributed by atoms with E-state index in [0.29, 0.717) is 18.4 Å². The fraction of sp³-hybridized carbons (Fsp3) is 1.00. The van der Waals surface area contributed by atoms with Gasteiger partial charge in [0.25, 0.3) is 6.43 Å². The monoisotopic (exact) mass is 220 g/mol. The first-order valence-corrected chi connectivity index (χ1v) is 5.80. The average Bonchev–Trinajstić information content (AvgIpc) is 2.17. The summed E-state index contributed by atoms with van der Waals surface area (Å²) < 4.78 is 24.3. The van der Waals surface area contributed by atoms with E-state index in [1.165, 1.54) is 19.3 Å². The van der Waals surface area contributed by atoms with Crippen molar-refractivity contribution in [2.24, 2.45) is 17.6 Å². The molecule has 4 heteroatoms. The van der Waals surface area contributed by atoms with Crippen molar-refractivity contribution in [3.63, 3.8) is 0 Å². The van der Waals surface area contributed by atoms with Crippen LogP contribution in [-0.2, 0) is 0 Å². The summed E-state index contributed by atoms with van der Waals surface area (Å²) >= 11 is 0. The zero-order chi connectivity index (χ0) is 11.3. The maximum atomic E-state index is 12.2. The molecule has 2 N–H and O–H groups in total. The van der Waals surface area contributed by atoms with Gasteiger partial charge in [0.1, 0.15) is 0 Å². The van der Waals surface area contributed by atoms with Crippen LogP contribution in [0.15, 0.2) is 0 Å². The van der Waals surface area contributed by atoms with E-state index in [2.05, 4.69) is 0 Å². The van der Waals surface area contributed by atoms with Gasteiger partial charge in [0.2, 0.25) is 0 Å². The Hall–Kier alpha value is -0.220. The van der Waals surface area contributed by atoms with Crippen LogP contribution >= 0.6 is 0 Å². The Labute approximate surface area is 90.8 Å². The van der Waals surface area contributed by atoms with Crippen molar-refractivity contribution in [1.29, 1.82) is 0 Å². The van der Waals surface area contributed by atoms with Gasteiger partial charge >= 0.3 is 0 Å². The quantitative estimate of drug-likeness (QED) is 0.767. The Morgan fingerprint density at radius 3 is 2.40 bits per heavy atom. The summed E-state index contributed by atoms with van der Waals surface area (Å²) in [5.74, 6) is 1.06. The summed E-state index contributed by atoms with van der Waals surface area (Å²) in [6, 6.07) is 0. The van der Waals surface area contributed by atoms with Gasteiger partial charge in [0, 0.05) is 6.54 Å². The van der Waals surface area contributed by atoms with Crippen molar-refractivity contribution in [1.82, 2.24) is 4.90 Å². The lowest BCUT2D eigenvalue weighted by Gasteiger charge is -2.33. The zero-order valence-corrected chi connectivity index (χ0v) is 9.46. The first-order valence-electron chi connectivity index (χ1n) is 5.80. The first kappa shape index (κ1) is 12.8. The summed E-state index contributed by atoms with van der Waals surface area (Å²) in [5, 5.41) is 0. The van der Waals surface area contributed by atoms with E-state index in [1.54, 1.807) is 11.9 Å². The van der Waals surface area contributed by atoms with E-state index in [9.17, 15) is 8.78 Å². The Kier molecular flexibility index (Phi) is 5.47. The van der Waals surface area contributed by atoms with Crippen LogP contribution in [0.4, 0.5) is 8.78 Å². The SMILES string of the molecule is CN(CC(F)F)CC1CCCCC1CN. The van der Waals surface area contributed by atoms with Crippen LogP contribution in [0.3, 0.4) is 0 Å². The van der Waals surface area contributed by atoms with Crippen molar-refractivity contribution in [3.05, 3.63) is 0 Å². The van der Waals surface area contributed by atoms with E-state index in [4.69, 9.17) is 5.73 Å². The van der Waals surface area contributed by atoms with Crippen LogP contribution < -0.4 is 5.73 Å². The molecule has 0 bridgehead atoms. The maximum absolute atomic E-state index is 12.2. The predicted molar refractivity (Wildman–Crippen MR) is 58.0 cm³/mol. The predicted octanol–water partition coefficient (Wildman–Crippen LogP) is 1.95. The van der Waals surface area contributed by atoms with Gasteiger partial charge in [-0.3, -0.25) is 0 Å². The summed E-state index contributed by atoms with van der Waals surface area (Å²) in [4.78, 5) is 1.74. The number of rotatable bonds is 5. The second-order valence-corrected chi connectivity index (χ2v) is 4.65. The van der Waals surface area contributed by atoms with Gasteiger partial charge in [-0.05, 0) is 38.3 Å². The largest absolute Gasteiger partial charge is 0.330 e. The van der Waals surface area contributed by atoms with Gasteiger partial charge in [0.05, 0.1) is 6.54 Å². The lowest BCUT2D eigenvalue weighted by atomic mass is 9.79. The van der Waals surface area contributed by atoms with E-state index in [0.717, 1.165) is 13.0 Å². The number of nitrogens with zero attached hydrogens (tertiary/aromatic N) is 1. The van der Waals surface area contributed by atoms with Crippen molar-refractivity contribution >= 4 is 0 Å². The standard InChI is InChI=1S/C11H22F2N2/c1-15(8-11(12)13)7-10-5-3-2-4-9(10)6-14/h9-11H,2-8,14H2,1H3. The molecule has 0 heterocycles. The molecular weight excluding hydrogens is 198 g/mol. The van der Waals surface area contributed by atoms with Crippen LogP contribution in [0.5, 0.6) is 0 Å². The number of halogens is 2. The molecule has 0 aromatic rings. The molecule has 0 radical (unpaired) electrons. The Balaban J connectivity index is 2.33. The molecule has 1 rings (SSSR count). The molecule has 1 aliphatic rings. The van der Waals surface area contributed by atoms with Gasteiger partial charge < -0.3 is 10.6 Å². The number of hydrogen-bond donors (Lipinski definition) is 1. The normalized spacial score (nSPS) is 27.6. The molecule has 1 saturated carbocycles. The third-order valence-corrected chi connectivity index (χ3v) is 3.37. The van der Waals surface area contributed by atoms with Crippen molar-refractivity contribution in [2.45, 2.75) is 32.1 Å². The van der Waals surface area contributed by atoms with Gasteiger partial charge in [-0.2, -0.15) is 0 Å². The van der Waals surface area contributed by atoms with Crippen LogP contribution in [0.25, 0.3) is 0 Å². The van der Waals surface area contributed by atoms with Gasteiger partial charge in [-0.1, -0.05) is 12.8 Å². The maximum Gasteiger partial charge on any atom is 0.251 e. The van der Waals surface area contributed by atoms with Gasteiger partial charge in [0.15, 0.2) is 0 Å². The summed E-state index contributed by atoms with van der Waals surface area (Å²) in [6.45, 7) is 1.35. The number of alkyl halides is 2. The highest BCUT2D eigenvalue weighted by Crippen LogP contribution is 2.29. The second-order valence-electron chi connectivity index (χ2n) is 4.65. The molecule has 90 valence electrons. The van der Waals surface area contributed by atoms with Crippen LogP contribution in [0, 0.1) is 11.8 Å². The third-order valence-electron chi connectivity index (χ3n) is 3.37. The van der Waals surface area contributed by atoms with Gasteiger partial charge in [-0.25, -0.2) is 8.78 Å². The Bertz CT molecular complexity index is 176. The lowest BCUT2D eigenvalue weighted by molar-refractivity contribution is 0.0808. The highest BCUT2D eigenvalue weighted by molar-refractivity contribution is 4.78. The zero-order valence-electron chi connectivity index (χ0n) is 9.46. The second kappa shape index (κ2) is 6.38. The summed E-state index contributed by atoms with van der Waals surface area (Å²) in [7, 11) is 1.77. The van der Waals surface area contributed by atoms with Crippen molar-refractivity contribution in [3.8, 4) is 0 Å². The minimum Gasteiger partial charge on any atom is -0.330 e. The van der Waals surface area contributed by atoms with E-state index in [1.807, 2.05) is 0 Å². The molecule has 0 aromatic carbocycles. The van der Waals surface area contributed by atoms with Crippen LogP contribution in [-0.4, -0.2) is 38.0 Å². The Morgan fingerprint density at radius 2 is 1.87 bits per heavy atom. The Morgan fingerprint density at radius 1 is 1.27 bits per heavy atom. The molecule has 0 saturated heterocycles. The molecule has 0 spiro atoms. The smallest absolute Gasteiger partial charge is 0.251 e.